The molecule has 0 amide bonds. The van der Waals surface area contributed by atoms with Gasteiger partial charge in [0.1, 0.15) is 5.82 Å². The van der Waals surface area contributed by atoms with Crippen molar-refractivity contribution < 1.29 is 0 Å². The zero-order valence-electron chi connectivity index (χ0n) is 11.5. The summed E-state index contributed by atoms with van der Waals surface area (Å²) in [5.41, 5.74) is 2.73. The number of rotatable bonds is 2. The third-order valence-corrected chi connectivity index (χ3v) is 3.00. The SMILES string of the molecule is CCCn1c(C(C)(C)C)nc2cc(C#N)ccc21. The fourth-order valence-corrected chi connectivity index (χ4v) is 2.22. The smallest absolute Gasteiger partial charge is 0.115 e. The highest BCUT2D eigenvalue weighted by Gasteiger charge is 2.22. The third kappa shape index (κ3) is 2.11. The summed E-state index contributed by atoms with van der Waals surface area (Å²) >= 11 is 0. The first kappa shape index (κ1) is 12.6. The van der Waals surface area contributed by atoms with E-state index in [1.165, 1.54) is 0 Å². The predicted molar refractivity (Wildman–Crippen MR) is 73.4 cm³/mol. The third-order valence-electron chi connectivity index (χ3n) is 3.00. The fraction of sp³-hybridized carbons (Fsp3) is 0.467. The number of nitrogens with zero attached hydrogens (tertiary/aromatic N) is 3. The van der Waals surface area contributed by atoms with E-state index in [4.69, 9.17) is 10.2 Å². The Morgan fingerprint density at radius 3 is 2.61 bits per heavy atom. The molecule has 1 heterocycles. The number of imidazole rings is 1. The van der Waals surface area contributed by atoms with Crippen LogP contribution >= 0.6 is 0 Å². The van der Waals surface area contributed by atoms with E-state index in [1.54, 1.807) is 0 Å². The van der Waals surface area contributed by atoms with Gasteiger partial charge in [-0.05, 0) is 24.6 Å². The van der Waals surface area contributed by atoms with Crippen molar-refractivity contribution >= 4 is 11.0 Å². The van der Waals surface area contributed by atoms with Crippen LogP contribution < -0.4 is 0 Å². The molecule has 3 heteroatoms. The Hall–Kier alpha value is -1.82. The molecule has 0 aliphatic rings. The molecule has 0 spiro atoms. The lowest BCUT2D eigenvalue weighted by molar-refractivity contribution is 0.501. The summed E-state index contributed by atoms with van der Waals surface area (Å²) in [6.45, 7) is 9.65. The Bertz CT molecular complexity index is 609. The van der Waals surface area contributed by atoms with E-state index in [0.717, 1.165) is 29.8 Å². The lowest BCUT2D eigenvalue weighted by Crippen LogP contribution is -2.19. The second-order valence-electron chi connectivity index (χ2n) is 5.65. The molecule has 0 atom stereocenters. The molecule has 0 radical (unpaired) electrons. The number of hydrogen-bond acceptors (Lipinski definition) is 2. The van der Waals surface area contributed by atoms with Gasteiger partial charge < -0.3 is 4.57 Å². The van der Waals surface area contributed by atoms with Crippen LogP contribution in [0.3, 0.4) is 0 Å². The number of aromatic nitrogens is 2. The second kappa shape index (κ2) is 4.45. The fourth-order valence-electron chi connectivity index (χ4n) is 2.22. The van der Waals surface area contributed by atoms with Gasteiger partial charge in [-0.25, -0.2) is 4.98 Å². The molecule has 0 unspecified atom stereocenters. The largest absolute Gasteiger partial charge is 0.328 e. The summed E-state index contributed by atoms with van der Waals surface area (Å²) < 4.78 is 2.27. The maximum atomic E-state index is 8.95. The van der Waals surface area contributed by atoms with Gasteiger partial charge in [-0.3, -0.25) is 0 Å². The van der Waals surface area contributed by atoms with Crippen LogP contribution in [0.4, 0.5) is 0 Å². The highest BCUT2D eigenvalue weighted by atomic mass is 15.1. The predicted octanol–water partition coefficient (Wildman–Crippen LogP) is 3.62. The Balaban J connectivity index is 2.71. The van der Waals surface area contributed by atoms with Crippen molar-refractivity contribution in [3.63, 3.8) is 0 Å². The Morgan fingerprint density at radius 1 is 1.33 bits per heavy atom. The van der Waals surface area contributed by atoms with Crippen LogP contribution in [0, 0.1) is 11.3 Å². The topological polar surface area (TPSA) is 41.6 Å². The van der Waals surface area contributed by atoms with Crippen LogP contribution in [0.2, 0.25) is 0 Å². The average Bonchev–Trinajstić information content (AvgIpc) is 2.67. The number of fused-ring (bicyclic) bond motifs is 1. The molecule has 2 rings (SSSR count). The van der Waals surface area contributed by atoms with E-state index in [1.807, 2.05) is 18.2 Å². The van der Waals surface area contributed by atoms with E-state index in [0.29, 0.717) is 5.56 Å². The van der Waals surface area contributed by atoms with E-state index in [2.05, 4.69) is 38.3 Å². The van der Waals surface area contributed by atoms with E-state index in [9.17, 15) is 0 Å². The van der Waals surface area contributed by atoms with Crippen LogP contribution in [-0.2, 0) is 12.0 Å². The zero-order valence-corrected chi connectivity index (χ0v) is 11.5. The van der Waals surface area contributed by atoms with Crippen LogP contribution in [0.5, 0.6) is 0 Å². The highest BCUT2D eigenvalue weighted by Crippen LogP contribution is 2.27. The molecule has 1 aromatic heterocycles. The number of hydrogen-bond donors (Lipinski definition) is 0. The van der Waals surface area contributed by atoms with Gasteiger partial charge in [-0.1, -0.05) is 27.7 Å². The van der Waals surface area contributed by atoms with Gasteiger partial charge in [-0.2, -0.15) is 5.26 Å². The van der Waals surface area contributed by atoms with Crippen LogP contribution in [-0.4, -0.2) is 9.55 Å². The molecule has 18 heavy (non-hydrogen) atoms. The minimum absolute atomic E-state index is 0.0149. The summed E-state index contributed by atoms with van der Waals surface area (Å²) in [6.07, 6.45) is 1.08. The molecule has 3 nitrogen and oxygen atoms in total. The molecule has 0 N–H and O–H groups in total. The summed E-state index contributed by atoms with van der Waals surface area (Å²) in [6, 6.07) is 7.91. The minimum Gasteiger partial charge on any atom is -0.328 e. The zero-order chi connectivity index (χ0) is 13.3. The van der Waals surface area contributed by atoms with Gasteiger partial charge in [-0.15, -0.1) is 0 Å². The molecular weight excluding hydrogens is 222 g/mol. The number of benzene rings is 1. The van der Waals surface area contributed by atoms with Crippen molar-refractivity contribution in [2.75, 3.05) is 0 Å². The first-order chi connectivity index (χ1) is 8.47. The van der Waals surface area contributed by atoms with Crippen LogP contribution in [0.25, 0.3) is 11.0 Å². The van der Waals surface area contributed by atoms with Crippen LogP contribution in [0.1, 0.15) is 45.5 Å². The summed E-state index contributed by atoms with van der Waals surface area (Å²) in [4.78, 5) is 4.72. The van der Waals surface area contributed by atoms with Crippen molar-refractivity contribution in [3.8, 4) is 6.07 Å². The van der Waals surface area contributed by atoms with Crippen molar-refractivity contribution in [1.82, 2.24) is 9.55 Å². The van der Waals surface area contributed by atoms with Gasteiger partial charge in [0.15, 0.2) is 0 Å². The lowest BCUT2D eigenvalue weighted by atomic mass is 9.95. The van der Waals surface area contributed by atoms with E-state index >= 15 is 0 Å². The highest BCUT2D eigenvalue weighted by molar-refractivity contribution is 5.78. The van der Waals surface area contributed by atoms with Crippen molar-refractivity contribution in [2.45, 2.75) is 46.1 Å². The van der Waals surface area contributed by atoms with E-state index < -0.39 is 0 Å². The molecule has 0 saturated carbocycles. The standard InChI is InChI=1S/C15H19N3/c1-5-8-18-13-7-6-11(10-16)9-12(13)17-14(18)15(2,3)4/h6-7,9H,5,8H2,1-4H3. The van der Waals surface area contributed by atoms with Gasteiger partial charge in [0.05, 0.1) is 22.7 Å². The monoisotopic (exact) mass is 241 g/mol. The van der Waals surface area contributed by atoms with Gasteiger partial charge in [0.25, 0.3) is 0 Å². The van der Waals surface area contributed by atoms with Gasteiger partial charge in [0.2, 0.25) is 0 Å². The van der Waals surface area contributed by atoms with Crippen molar-refractivity contribution in [3.05, 3.63) is 29.6 Å². The molecule has 94 valence electrons. The maximum absolute atomic E-state index is 8.95. The quantitative estimate of drug-likeness (QED) is 0.805. The van der Waals surface area contributed by atoms with Gasteiger partial charge >= 0.3 is 0 Å². The second-order valence-corrected chi connectivity index (χ2v) is 5.65. The molecule has 0 aliphatic heterocycles. The molecular formula is C15H19N3. The summed E-state index contributed by atoms with van der Waals surface area (Å²) in [5, 5.41) is 8.95. The first-order valence-corrected chi connectivity index (χ1v) is 6.38. The Labute approximate surface area is 108 Å². The van der Waals surface area contributed by atoms with Crippen LogP contribution in [0.15, 0.2) is 18.2 Å². The Kier molecular flexibility index (Phi) is 3.13. The summed E-state index contributed by atoms with van der Waals surface area (Å²) in [5.74, 6) is 1.09. The summed E-state index contributed by atoms with van der Waals surface area (Å²) in [7, 11) is 0. The Morgan fingerprint density at radius 2 is 2.06 bits per heavy atom. The molecule has 0 fully saturated rings. The number of aryl methyl sites for hydroxylation is 1. The average molecular weight is 241 g/mol. The van der Waals surface area contributed by atoms with Crippen molar-refractivity contribution in [2.24, 2.45) is 0 Å². The number of nitriles is 1. The molecule has 0 saturated heterocycles. The molecule has 1 aromatic carbocycles. The normalized spacial score (nSPS) is 11.7. The van der Waals surface area contributed by atoms with Crippen molar-refractivity contribution in [1.29, 1.82) is 5.26 Å². The molecule has 2 aromatic rings. The minimum atomic E-state index is 0.0149. The van der Waals surface area contributed by atoms with E-state index in [-0.39, 0.29) is 5.41 Å². The molecule has 0 aliphatic carbocycles. The molecule has 0 bridgehead atoms. The van der Waals surface area contributed by atoms with Gasteiger partial charge in [0, 0.05) is 12.0 Å². The lowest BCUT2D eigenvalue weighted by Gasteiger charge is -2.19. The maximum Gasteiger partial charge on any atom is 0.115 e. The first-order valence-electron chi connectivity index (χ1n) is 6.38.